The van der Waals surface area contributed by atoms with Crippen LogP contribution in [0.15, 0.2) is 90.3 Å². The lowest BCUT2D eigenvalue weighted by molar-refractivity contribution is 0.0951. The Morgan fingerprint density at radius 2 is 1.47 bits per heavy atom. The van der Waals surface area contributed by atoms with Gasteiger partial charge in [0.05, 0.1) is 23.5 Å². The minimum atomic E-state index is -0.268. The number of nitrogens with zero attached hydrogens (tertiary/aromatic N) is 1. The van der Waals surface area contributed by atoms with Gasteiger partial charge in [0.25, 0.3) is 11.8 Å². The van der Waals surface area contributed by atoms with Crippen LogP contribution in [0.25, 0.3) is 11.3 Å². The Hall–Kier alpha value is -3.77. The molecule has 0 saturated carbocycles. The molecule has 0 fully saturated rings. The van der Waals surface area contributed by atoms with Crippen molar-refractivity contribution in [1.29, 1.82) is 0 Å². The number of benzene rings is 3. The van der Waals surface area contributed by atoms with E-state index in [0.29, 0.717) is 23.4 Å². The molecule has 0 spiro atoms. The minimum Gasteiger partial charge on any atom is -0.345 e. The van der Waals surface area contributed by atoms with E-state index < -0.39 is 0 Å². The van der Waals surface area contributed by atoms with Crippen molar-refractivity contribution >= 4 is 28.8 Å². The normalized spacial score (nSPS) is 10.4. The third-order valence-electron chi connectivity index (χ3n) is 4.48. The molecule has 2 N–H and O–H groups in total. The van der Waals surface area contributed by atoms with Crippen molar-refractivity contribution in [3.05, 3.63) is 106 Å². The van der Waals surface area contributed by atoms with E-state index in [0.717, 1.165) is 16.3 Å². The van der Waals surface area contributed by atoms with Crippen molar-refractivity contribution in [1.82, 2.24) is 10.3 Å². The zero-order valence-electron chi connectivity index (χ0n) is 16.0. The fourth-order valence-electron chi connectivity index (χ4n) is 2.96. The summed E-state index contributed by atoms with van der Waals surface area (Å²) in [5.41, 5.74) is 3.33. The predicted molar refractivity (Wildman–Crippen MR) is 120 cm³/mol. The molecule has 3 aromatic carbocycles. The summed E-state index contributed by atoms with van der Waals surface area (Å²) in [6, 6.07) is 25.8. The molecule has 4 rings (SSSR count). The molecule has 30 heavy (non-hydrogen) atoms. The van der Waals surface area contributed by atoms with Gasteiger partial charge in [-0.2, -0.15) is 0 Å². The number of aromatic nitrogens is 1. The van der Waals surface area contributed by atoms with Gasteiger partial charge in [0.2, 0.25) is 0 Å². The van der Waals surface area contributed by atoms with Crippen LogP contribution in [-0.2, 0) is 6.54 Å². The van der Waals surface area contributed by atoms with Crippen LogP contribution in [-0.4, -0.2) is 16.8 Å². The number of para-hydroxylation sites is 1. The number of carbonyl (C=O) groups is 2. The van der Waals surface area contributed by atoms with Crippen molar-refractivity contribution in [2.45, 2.75) is 6.54 Å². The molecule has 5 nitrogen and oxygen atoms in total. The summed E-state index contributed by atoms with van der Waals surface area (Å²) in [5.74, 6) is -0.529. The van der Waals surface area contributed by atoms with Gasteiger partial charge in [-0.1, -0.05) is 60.7 Å². The maximum absolute atomic E-state index is 12.7. The fourth-order valence-corrected chi connectivity index (χ4v) is 3.70. The Morgan fingerprint density at radius 3 is 2.23 bits per heavy atom. The van der Waals surface area contributed by atoms with E-state index >= 15 is 0 Å². The molecule has 1 heterocycles. The number of amides is 2. The van der Waals surface area contributed by atoms with Gasteiger partial charge < -0.3 is 10.6 Å². The molecule has 4 aromatic rings. The first-order valence-corrected chi connectivity index (χ1v) is 10.3. The van der Waals surface area contributed by atoms with Crippen molar-refractivity contribution < 1.29 is 9.59 Å². The number of nitrogens with one attached hydrogen (secondary N) is 2. The molecule has 1 aromatic heterocycles. The third-order valence-corrected chi connectivity index (χ3v) is 5.33. The fraction of sp³-hybridized carbons (Fsp3) is 0.0417. The number of hydrogen-bond donors (Lipinski definition) is 2. The van der Waals surface area contributed by atoms with Crippen molar-refractivity contribution in [2.24, 2.45) is 0 Å². The first-order chi connectivity index (χ1) is 14.7. The third kappa shape index (κ3) is 4.61. The predicted octanol–water partition coefficient (Wildman–Crippen LogP) is 4.99. The van der Waals surface area contributed by atoms with E-state index in [1.165, 1.54) is 11.3 Å². The quantitative estimate of drug-likeness (QED) is 0.468. The largest absolute Gasteiger partial charge is 0.345 e. The van der Waals surface area contributed by atoms with Crippen molar-refractivity contribution in [2.75, 3.05) is 5.32 Å². The average molecular weight is 414 g/mol. The first kappa shape index (κ1) is 19.5. The molecule has 148 valence electrons. The van der Waals surface area contributed by atoms with Crippen LogP contribution in [0.4, 0.5) is 5.69 Å². The van der Waals surface area contributed by atoms with Gasteiger partial charge >= 0.3 is 0 Å². The maximum Gasteiger partial charge on any atom is 0.255 e. The lowest BCUT2D eigenvalue weighted by atomic mass is 10.1. The zero-order chi connectivity index (χ0) is 20.8. The molecule has 0 bridgehead atoms. The van der Waals surface area contributed by atoms with Gasteiger partial charge in [-0.15, -0.1) is 11.3 Å². The Labute approximate surface area is 178 Å². The topological polar surface area (TPSA) is 71.1 Å². The minimum absolute atomic E-state index is 0.261. The van der Waals surface area contributed by atoms with E-state index in [-0.39, 0.29) is 11.8 Å². The highest BCUT2D eigenvalue weighted by molar-refractivity contribution is 7.09. The van der Waals surface area contributed by atoms with Crippen LogP contribution in [0, 0.1) is 0 Å². The molecule has 0 radical (unpaired) electrons. The van der Waals surface area contributed by atoms with E-state index in [1.54, 1.807) is 48.5 Å². The van der Waals surface area contributed by atoms with Gasteiger partial charge in [0, 0.05) is 16.5 Å². The molecule has 2 amide bonds. The first-order valence-electron chi connectivity index (χ1n) is 9.44. The van der Waals surface area contributed by atoms with E-state index in [1.807, 2.05) is 41.8 Å². The Kier molecular flexibility index (Phi) is 5.96. The van der Waals surface area contributed by atoms with E-state index in [2.05, 4.69) is 15.6 Å². The molecule has 0 unspecified atom stereocenters. The highest BCUT2D eigenvalue weighted by atomic mass is 32.1. The van der Waals surface area contributed by atoms with Crippen molar-refractivity contribution in [3.8, 4) is 11.3 Å². The van der Waals surface area contributed by atoms with Gasteiger partial charge in [0.15, 0.2) is 0 Å². The molecular formula is C24H19N3O2S. The standard InChI is InChI=1S/C24H19N3O2S/c28-23(18-11-5-2-6-12-18)27-20-14-8-7-13-19(20)24(29)25-15-22-26-21(16-30-22)17-9-3-1-4-10-17/h1-14,16H,15H2,(H,25,29)(H,27,28). The molecular weight excluding hydrogens is 394 g/mol. The lowest BCUT2D eigenvalue weighted by Crippen LogP contribution is -2.24. The number of thiazole rings is 1. The summed E-state index contributed by atoms with van der Waals surface area (Å²) < 4.78 is 0. The second kappa shape index (κ2) is 9.15. The Balaban J connectivity index is 1.43. The zero-order valence-corrected chi connectivity index (χ0v) is 16.9. The van der Waals surface area contributed by atoms with Gasteiger partial charge in [-0.3, -0.25) is 9.59 Å². The smallest absolute Gasteiger partial charge is 0.255 e. The second-order valence-corrected chi connectivity index (χ2v) is 7.48. The Bertz CT molecular complexity index is 1160. The summed E-state index contributed by atoms with van der Waals surface area (Å²) >= 11 is 1.50. The highest BCUT2D eigenvalue weighted by Crippen LogP contribution is 2.22. The molecule has 0 saturated heterocycles. The van der Waals surface area contributed by atoms with Gasteiger partial charge in [-0.25, -0.2) is 4.98 Å². The number of anilines is 1. The van der Waals surface area contributed by atoms with Crippen LogP contribution >= 0.6 is 11.3 Å². The summed E-state index contributed by atoms with van der Waals surface area (Å²) in [6.45, 7) is 0.317. The van der Waals surface area contributed by atoms with Crippen LogP contribution in [0.2, 0.25) is 0 Å². The lowest BCUT2D eigenvalue weighted by Gasteiger charge is -2.11. The molecule has 0 aliphatic heterocycles. The molecule has 0 atom stereocenters. The van der Waals surface area contributed by atoms with Crippen molar-refractivity contribution in [3.63, 3.8) is 0 Å². The molecule has 6 heteroatoms. The Morgan fingerprint density at radius 1 is 0.800 bits per heavy atom. The highest BCUT2D eigenvalue weighted by Gasteiger charge is 2.14. The monoisotopic (exact) mass is 413 g/mol. The SMILES string of the molecule is O=C(Nc1ccccc1C(=O)NCc1nc(-c2ccccc2)cs1)c1ccccc1. The van der Waals surface area contributed by atoms with E-state index in [4.69, 9.17) is 0 Å². The summed E-state index contributed by atoms with van der Waals surface area (Å²) in [4.78, 5) is 29.8. The van der Waals surface area contributed by atoms with Gasteiger partial charge in [0.1, 0.15) is 5.01 Å². The van der Waals surface area contributed by atoms with Gasteiger partial charge in [-0.05, 0) is 24.3 Å². The summed E-state index contributed by atoms with van der Waals surface area (Å²) in [6.07, 6.45) is 0. The van der Waals surface area contributed by atoms with Crippen LogP contribution < -0.4 is 10.6 Å². The van der Waals surface area contributed by atoms with Crippen LogP contribution in [0.1, 0.15) is 25.7 Å². The van der Waals surface area contributed by atoms with E-state index in [9.17, 15) is 9.59 Å². The van der Waals surface area contributed by atoms with Crippen LogP contribution in [0.3, 0.4) is 0 Å². The summed E-state index contributed by atoms with van der Waals surface area (Å²) in [5, 5.41) is 8.50. The maximum atomic E-state index is 12.7. The average Bonchev–Trinajstić information content (AvgIpc) is 3.28. The number of carbonyl (C=O) groups excluding carboxylic acids is 2. The second-order valence-electron chi connectivity index (χ2n) is 6.54. The molecule has 0 aliphatic rings. The number of hydrogen-bond acceptors (Lipinski definition) is 4. The number of rotatable bonds is 6. The summed E-state index contributed by atoms with van der Waals surface area (Å²) in [7, 11) is 0. The van der Waals surface area contributed by atoms with Crippen LogP contribution in [0.5, 0.6) is 0 Å². The molecule has 0 aliphatic carbocycles.